The molecule has 1 amide bonds. The zero-order chi connectivity index (χ0) is 15.2. The van der Waals surface area contributed by atoms with Crippen LogP contribution in [0.3, 0.4) is 0 Å². The molecular weight excluding hydrogens is 268 g/mol. The number of aromatic nitrogens is 2. The standard InChI is InChI=1S/C15H22N4O2/c1-4-21-10-5-14-16-12(2)11-15(17-14)19-8-6-18(7-9-19)13(3)20/h5,10-11H,4,6-9H2,1-3H3. The van der Waals surface area contributed by atoms with Crippen molar-refractivity contribution in [3.05, 3.63) is 23.8 Å². The van der Waals surface area contributed by atoms with Gasteiger partial charge in [0.15, 0.2) is 5.82 Å². The van der Waals surface area contributed by atoms with Crippen molar-refractivity contribution in [2.75, 3.05) is 37.7 Å². The second-order valence-electron chi connectivity index (χ2n) is 4.98. The van der Waals surface area contributed by atoms with Crippen molar-refractivity contribution in [3.63, 3.8) is 0 Å². The minimum absolute atomic E-state index is 0.133. The zero-order valence-corrected chi connectivity index (χ0v) is 12.9. The number of carbonyl (C=O) groups is 1. The minimum atomic E-state index is 0.133. The third-order valence-electron chi connectivity index (χ3n) is 3.39. The van der Waals surface area contributed by atoms with Gasteiger partial charge < -0.3 is 14.5 Å². The molecule has 21 heavy (non-hydrogen) atoms. The summed E-state index contributed by atoms with van der Waals surface area (Å²) < 4.78 is 5.18. The summed E-state index contributed by atoms with van der Waals surface area (Å²) in [6.07, 6.45) is 3.39. The van der Waals surface area contributed by atoms with Crippen molar-refractivity contribution in [2.45, 2.75) is 20.8 Å². The van der Waals surface area contributed by atoms with E-state index in [1.54, 1.807) is 19.3 Å². The van der Waals surface area contributed by atoms with E-state index < -0.39 is 0 Å². The van der Waals surface area contributed by atoms with E-state index in [-0.39, 0.29) is 5.91 Å². The van der Waals surface area contributed by atoms with Gasteiger partial charge in [-0.25, -0.2) is 9.97 Å². The van der Waals surface area contributed by atoms with Crippen LogP contribution >= 0.6 is 0 Å². The average molecular weight is 290 g/mol. The molecule has 1 aliphatic rings. The maximum absolute atomic E-state index is 11.4. The number of piperazine rings is 1. The van der Waals surface area contributed by atoms with Crippen LogP contribution in [0.5, 0.6) is 0 Å². The van der Waals surface area contributed by atoms with Crippen LogP contribution in [0.4, 0.5) is 5.82 Å². The number of hydrogen-bond acceptors (Lipinski definition) is 5. The maximum atomic E-state index is 11.4. The molecule has 0 saturated carbocycles. The lowest BCUT2D eigenvalue weighted by Crippen LogP contribution is -2.48. The van der Waals surface area contributed by atoms with E-state index in [4.69, 9.17) is 4.74 Å². The Bertz CT molecular complexity index is 522. The summed E-state index contributed by atoms with van der Waals surface area (Å²) in [5.74, 6) is 1.68. The Morgan fingerprint density at radius 1 is 1.33 bits per heavy atom. The molecule has 1 aliphatic heterocycles. The van der Waals surface area contributed by atoms with Crippen LogP contribution in [-0.4, -0.2) is 53.6 Å². The van der Waals surface area contributed by atoms with E-state index in [9.17, 15) is 4.79 Å². The molecule has 6 nitrogen and oxygen atoms in total. The second-order valence-corrected chi connectivity index (χ2v) is 4.98. The zero-order valence-electron chi connectivity index (χ0n) is 12.9. The van der Waals surface area contributed by atoms with E-state index in [1.807, 2.05) is 24.8 Å². The molecule has 1 aromatic rings. The van der Waals surface area contributed by atoms with Gasteiger partial charge in [0.2, 0.25) is 5.91 Å². The van der Waals surface area contributed by atoms with E-state index in [2.05, 4.69) is 14.9 Å². The predicted octanol–water partition coefficient (Wildman–Crippen LogP) is 1.46. The fraction of sp³-hybridized carbons (Fsp3) is 0.533. The Hall–Kier alpha value is -2.11. The predicted molar refractivity (Wildman–Crippen MR) is 81.9 cm³/mol. The van der Waals surface area contributed by atoms with Crippen LogP contribution in [0, 0.1) is 6.92 Å². The van der Waals surface area contributed by atoms with Gasteiger partial charge in [-0.3, -0.25) is 4.79 Å². The lowest BCUT2D eigenvalue weighted by atomic mass is 10.3. The van der Waals surface area contributed by atoms with Gasteiger partial charge in [-0.15, -0.1) is 0 Å². The highest BCUT2D eigenvalue weighted by molar-refractivity contribution is 5.73. The van der Waals surface area contributed by atoms with E-state index in [0.29, 0.717) is 12.4 Å². The first-order valence-electron chi connectivity index (χ1n) is 7.24. The molecule has 6 heteroatoms. The molecule has 0 radical (unpaired) electrons. The SMILES string of the molecule is CCOC=Cc1nc(C)cc(N2CCN(C(C)=O)CC2)n1. The number of rotatable bonds is 4. The summed E-state index contributed by atoms with van der Waals surface area (Å²) in [5.41, 5.74) is 0.921. The largest absolute Gasteiger partial charge is 0.501 e. The van der Waals surface area contributed by atoms with Gasteiger partial charge in [-0.1, -0.05) is 0 Å². The van der Waals surface area contributed by atoms with Crippen LogP contribution in [0.2, 0.25) is 0 Å². The van der Waals surface area contributed by atoms with E-state index in [0.717, 1.165) is 37.7 Å². The summed E-state index contributed by atoms with van der Waals surface area (Å²) >= 11 is 0. The minimum Gasteiger partial charge on any atom is -0.501 e. The molecule has 2 rings (SSSR count). The molecule has 1 fully saturated rings. The van der Waals surface area contributed by atoms with Crippen molar-refractivity contribution < 1.29 is 9.53 Å². The highest BCUT2D eigenvalue weighted by Crippen LogP contribution is 2.15. The lowest BCUT2D eigenvalue weighted by molar-refractivity contribution is -0.129. The molecule has 0 aliphatic carbocycles. The van der Waals surface area contributed by atoms with Gasteiger partial charge in [0.1, 0.15) is 5.82 Å². The van der Waals surface area contributed by atoms with Gasteiger partial charge >= 0.3 is 0 Å². The van der Waals surface area contributed by atoms with Gasteiger partial charge in [0, 0.05) is 50.9 Å². The molecule has 0 bridgehead atoms. The Labute approximate surface area is 125 Å². The van der Waals surface area contributed by atoms with Crippen molar-refractivity contribution in [2.24, 2.45) is 0 Å². The maximum Gasteiger partial charge on any atom is 0.219 e. The smallest absolute Gasteiger partial charge is 0.219 e. The highest BCUT2D eigenvalue weighted by atomic mass is 16.5. The first-order valence-corrected chi connectivity index (χ1v) is 7.24. The Morgan fingerprint density at radius 2 is 2.05 bits per heavy atom. The molecule has 0 aromatic carbocycles. The summed E-state index contributed by atoms with van der Waals surface area (Å²) in [7, 11) is 0. The number of hydrogen-bond donors (Lipinski definition) is 0. The van der Waals surface area contributed by atoms with Crippen LogP contribution in [0.25, 0.3) is 6.08 Å². The number of aryl methyl sites for hydroxylation is 1. The Kier molecular flexibility index (Phi) is 5.14. The van der Waals surface area contributed by atoms with Gasteiger partial charge in [-0.2, -0.15) is 0 Å². The van der Waals surface area contributed by atoms with Crippen LogP contribution in [-0.2, 0) is 9.53 Å². The normalized spacial score (nSPS) is 15.6. The van der Waals surface area contributed by atoms with Crippen LogP contribution < -0.4 is 4.90 Å². The molecule has 0 atom stereocenters. The number of nitrogens with zero attached hydrogens (tertiary/aromatic N) is 4. The summed E-state index contributed by atoms with van der Waals surface area (Å²) in [4.78, 5) is 24.3. The fourth-order valence-electron chi connectivity index (χ4n) is 2.27. The fourth-order valence-corrected chi connectivity index (χ4v) is 2.27. The molecule has 114 valence electrons. The lowest BCUT2D eigenvalue weighted by Gasteiger charge is -2.35. The number of anilines is 1. The molecule has 1 aromatic heterocycles. The quantitative estimate of drug-likeness (QED) is 0.786. The number of ether oxygens (including phenoxy) is 1. The van der Waals surface area contributed by atoms with Gasteiger partial charge in [-0.05, 0) is 13.8 Å². The summed E-state index contributed by atoms with van der Waals surface area (Å²) in [6, 6.07) is 1.97. The summed E-state index contributed by atoms with van der Waals surface area (Å²) in [6.45, 7) is 9.19. The average Bonchev–Trinajstić information content (AvgIpc) is 2.47. The van der Waals surface area contributed by atoms with Crippen molar-refractivity contribution in [3.8, 4) is 0 Å². The van der Waals surface area contributed by atoms with Gasteiger partial charge in [0.05, 0.1) is 12.9 Å². The Morgan fingerprint density at radius 3 is 2.67 bits per heavy atom. The molecule has 2 heterocycles. The van der Waals surface area contributed by atoms with E-state index >= 15 is 0 Å². The van der Waals surface area contributed by atoms with Crippen molar-refractivity contribution >= 4 is 17.8 Å². The van der Waals surface area contributed by atoms with Crippen molar-refractivity contribution in [1.29, 1.82) is 0 Å². The third-order valence-corrected chi connectivity index (χ3v) is 3.39. The monoisotopic (exact) mass is 290 g/mol. The first-order chi connectivity index (χ1) is 10.1. The molecule has 1 saturated heterocycles. The van der Waals surface area contributed by atoms with Gasteiger partial charge in [0.25, 0.3) is 0 Å². The summed E-state index contributed by atoms with van der Waals surface area (Å²) in [5, 5.41) is 0. The number of carbonyl (C=O) groups excluding carboxylic acids is 1. The van der Waals surface area contributed by atoms with E-state index in [1.165, 1.54) is 0 Å². The first kappa shape index (κ1) is 15.3. The molecule has 0 unspecified atom stereocenters. The molecule has 0 N–H and O–H groups in total. The van der Waals surface area contributed by atoms with Crippen LogP contribution in [0.1, 0.15) is 25.4 Å². The molecular formula is C15H22N4O2. The van der Waals surface area contributed by atoms with Crippen LogP contribution in [0.15, 0.2) is 12.3 Å². The van der Waals surface area contributed by atoms with Crippen molar-refractivity contribution in [1.82, 2.24) is 14.9 Å². The molecule has 0 spiro atoms. The Balaban J connectivity index is 2.08. The number of amides is 1. The topological polar surface area (TPSA) is 58.6 Å². The third kappa shape index (κ3) is 4.18. The highest BCUT2D eigenvalue weighted by Gasteiger charge is 2.20. The second kappa shape index (κ2) is 7.06.